The summed E-state index contributed by atoms with van der Waals surface area (Å²) in [7, 11) is 1.40. The van der Waals surface area contributed by atoms with Crippen LogP contribution in [-0.4, -0.2) is 22.4 Å². The largest absolute Gasteiger partial charge is 0.504 e. The third-order valence-electron chi connectivity index (χ3n) is 2.32. The van der Waals surface area contributed by atoms with Gasteiger partial charge in [-0.15, -0.1) is 0 Å². The molecule has 0 atom stereocenters. The first-order chi connectivity index (χ1) is 7.11. The van der Waals surface area contributed by atoms with E-state index in [1.807, 2.05) is 6.92 Å². The maximum absolute atomic E-state index is 9.72. The average molecular weight is 212 g/mol. The zero-order valence-corrected chi connectivity index (χ0v) is 8.95. The molecule has 0 amide bonds. The van der Waals surface area contributed by atoms with Crippen molar-refractivity contribution in [2.24, 2.45) is 0 Å². The molecule has 84 valence electrons. The van der Waals surface area contributed by atoms with Crippen molar-refractivity contribution >= 4 is 0 Å². The highest BCUT2D eigenvalue weighted by Gasteiger charge is 2.16. The fourth-order valence-electron chi connectivity index (χ4n) is 1.42. The molecule has 3 N–H and O–H groups in total. The molecular weight excluding hydrogens is 196 g/mol. The summed E-state index contributed by atoms with van der Waals surface area (Å²) < 4.78 is 4.88. The van der Waals surface area contributed by atoms with Crippen molar-refractivity contribution in [1.29, 1.82) is 0 Å². The normalized spacial score (nSPS) is 10.3. The van der Waals surface area contributed by atoms with Crippen LogP contribution in [0.5, 0.6) is 23.0 Å². The van der Waals surface area contributed by atoms with Crippen LogP contribution in [0.1, 0.15) is 25.3 Å². The second kappa shape index (κ2) is 4.77. The molecule has 0 saturated heterocycles. The summed E-state index contributed by atoms with van der Waals surface area (Å²) in [6.07, 6.45) is 2.28. The Kier molecular flexibility index (Phi) is 3.66. The monoisotopic (exact) mass is 212 g/mol. The summed E-state index contributed by atoms with van der Waals surface area (Å²) in [5.41, 5.74) is 0.341. The standard InChI is InChI=1S/C11H16O4/c1-3-4-5-7-10(13)8(12)6-9(15-2)11(7)14/h6,12-14H,3-5H2,1-2H3. The van der Waals surface area contributed by atoms with Crippen LogP contribution in [0.15, 0.2) is 6.07 Å². The van der Waals surface area contributed by atoms with Crippen LogP contribution in [0.2, 0.25) is 0 Å². The Bertz CT molecular complexity index is 347. The van der Waals surface area contributed by atoms with E-state index in [1.165, 1.54) is 13.2 Å². The minimum atomic E-state index is -0.268. The Labute approximate surface area is 88.8 Å². The molecule has 4 heteroatoms. The molecule has 0 radical (unpaired) electrons. The van der Waals surface area contributed by atoms with E-state index in [0.29, 0.717) is 12.0 Å². The van der Waals surface area contributed by atoms with Crippen molar-refractivity contribution in [3.05, 3.63) is 11.6 Å². The van der Waals surface area contributed by atoms with Crippen LogP contribution in [0.4, 0.5) is 0 Å². The van der Waals surface area contributed by atoms with Crippen LogP contribution in [0.3, 0.4) is 0 Å². The molecule has 0 saturated carbocycles. The molecule has 0 aliphatic heterocycles. The number of phenols is 3. The first-order valence-electron chi connectivity index (χ1n) is 4.92. The molecule has 0 unspecified atom stereocenters. The SMILES string of the molecule is CCCCc1c(O)c(O)cc(OC)c1O. The first-order valence-corrected chi connectivity index (χ1v) is 4.92. The lowest BCUT2D eigenvalue weighted by Gasteiger charge is -2.11. The zero-order valence-electron chi connectivity index (χ0n) is 8.95. The molecule has 0 heterocycles. The number of unbranched alkanes of at least 4 members (excludes halogenated alkanes) is 1. The van der Waals surface area contributed by atoms with E-state index in [-0.39, 0.29) is 23.0 Å². The van der Waals surface area contributed by atoms with Crippen molar-refractivity contribution in [2.45, 2.75) is 26.2 Å². The smallest absolute Gasteiger partial charge is 0.164 e. The van der Waals surface area contributed by atoms with Crippen LogP contribution in [0.25, 0.3) is 0 Å². The van der Waals surface area contributed by atoms with Gasteiger partial charge in [0.2, 0.25) is 0 Å². The Morgan fingerprint density at radius 3 is 2.40 bits per heavy atom. The van der Waals surface area contributed by atoms with Gasteiger partial charge in [0.25, 0.3) is 0 Å². The highest BCUT2D eigenvalue weighted by molar-refractivity contribution is 5.59. The summed E-state index contributed by atoms with van der Waals surface area (Å²) in [5.74, 6) is -0.449. The molecule has 4 nitrogen and oxygen atoms in total. The van der Waals surface area contributed by atoms with Gasteiger partial charge in [-0.25, -0.2) is 0 Å². The molecule has 0 aliphatic rings. The summed E-state index contributed by atoms with van der Waals surface area (Å²) >= 11 is 0. The Balaban J connectivity index is 3.15. The average Bonchev–Trinajstić information content (AvgIpc) is 2.23. The van der Waals surface area contributed by atoms with Gasteiger partial charge in [0.05, 0.1) is 7.11 Å². The van der Waals surface area contributed by atoms with Gasteiger partial charge in [-0.3, -0.25) is 0 Å². The Morgan fingerprint density at radius 1 is 1.20 bits per heavy atom. The summed E-state index contributed by atoms with van der Waals surface area (Å²) in [4.78, 5) is 0. The number of hydrogen-bond donors (Lipinski definition) is 3. The Hall–Kier alpha value is -1.58. The van der Waals surface area contributed by atoms with E-state index in [9.17, 15) is 15.3 Å². The van der Waals surface area contributed by atoms with Crippen molar-refractivity contribution in [2.75, 3.05) is 7.11 Å². The molecular formula is C11H16O4. The van der Waals surface area contributed by atoms with E-state index in [2.05, 4.69) is 0 Å². The van der Waals surface area contributed by atoms with Crippen molar-refractivity contribution < 1.29 is 20.1 Å². The van der Waals surface area contributed by atoms with E-state index in [1.54, 1.807) is 0 Å². The Morgan fingerprint density at radius 2 is 1.87 bits per heavy atom. The second-order valence-corrected chi connectivity index (χ2v) is 3.38. The third kappa shape index (κ3) is 2.26. The molecule has 0 aliphatic carbocycles. The van der Waals surface area contributed by atoms with Crippen molar-refractivity contribution in [1.82, 2.24) is 0 Å². The van der Waals surface area contributed by atoms with E-state index >= 15 is 0 Å². The van der Waals surface area contributed by atoms with E-state index in [4.69, 9.17) is 4.74 Å². The summed E-state index contributed by atoms with van der Waals surface area (Å²) in [6, 6.07) is 1.19. The van der Waals surface area contributed by atoms with Crippen molar-refractivity contribution in [3.8, 4) is 23.0 Å². The minimum absolute atomic E-state index is 0.0961. The molecule has 0 spiro atoms. The zero-order chi connectivity index (χ0) is 11.4. The predicted octanol–water partition coefficient (Wildman–Crippen LogP) is 2.15. The number of aromatic hydroxyl groups is 3. The lowest BCUT2D eigenvalue weighted by molar-refractivity contribution is 0.350. The molecule has 1 aromatic carbocycles. The maximum Gasteiger partial charge on any atom is 0.164 e. The van der Waals surface area contributed by atoms with Crippen LogP contribution in [0, 0.1) is 0 Å². The highest BCUT2D eigenvalue weighted by atomic mass is 16.5. The molecule has 1 aromatic rings. The van der Waals surface area contributed by atoms with Crippen LogP contribution >= 0.6 is 0 Å². The van der Waals surface area contributed by atoms with E-state index < -0.39 is 0 Å². The van der Waals surface area contributed by atoms with Gasteiger partial charge >= 0.3 is 0 Å². The van der Waals surface area contributed by atoms with Gasteiger partial charge in [0.1, 0.15) is 0 Å². The number of ether oxygens (including phenoxy) is 1. The maximum atomic E-state index is 9.72. The summed E-state index contributed by atoms with van der Waals surface area (Å²) in [5, 5.41) is 28.7. The molecule has 0 aromatic heterocycles. The van der Waals surface area contributed by atoms with E-state index in [0.717, 1.165) is 12.8 Å². The summed E-state index contributed by atoms with van der Waals surface area (Å²) in [6.45, 7) is 2.01. The third-order valence-corrected chi connectivity index (χ3v) is 2.32. The number of rotatable bonds is 4. The topological polar surface area (TPSA) is 69.9 Å². The predicted molar refractivity (Wildman–Crippen MR) is 56.6 cm³/mol. The number of methoxy groups -OCH3 is 1. The van der Waals surface area contributed by atoms with Gasteiger partial charge in [0.15, 0.2) is 23.0 Å². The highest BCUT2D eigenvalue weighted by Crippen LogP contribution is 2.43. The quantitative estimate of drug-likeness (QED) is 0.528. The van der Waals surface area contributed by atoms with Gasteiger partial charge in [-0.1, -0.05) is 13.3 Å². The second-order valence-electron chi connectivity index (χ2n) is 3.38. The molecule has 0 fully saturated rings. The number of hydrogen-bond acceptors (Lipinski definition) is 4. The van der Waals surface area contributed by atoms with Gasteiger partial charge in [-0.2, -0.15) is 0 Å². The molecule has 1 rings (SSSR count). The van der Waals surface area contributed by atoms with Crippen LogP contribution < -0.4 is 4.74 Å². The van der Waals surface area contributed by atoms with Crippen molar-refractivity contribution in [3.63, 3.8) is 0 Å². The molecule has 0 bridgehead atoms. The van der Waals surface area contributed by atoms with Gasteiger partial charge in [-0.05, 0) is 12.8 Å². The fourth-order valence-corrected chi connectivity index (χ4v) is 1.42. The van der Waals surface area contributed by atoms with Gasteiger partial charge < -0.3 is 20.1 Å². The minimum Gasteiger partial charge on any atom is -0.504 e. The first kappa shape index (κ1) is 11.5. The molecule has 15 heavy (non-hydrogen) atoms. The van der Waals surface area contributed by atoms with Crippen LogP contribution in [-0.2, 0) is 6.42 Å². The van der Waals surface area contributed by atoms with Gasteiger partial charge in [0, 0.05) is 11.6 Å². The lowest BCUT2D eigenvalue weighted by atomic mass is 10.0. The number of phenolic OH excluding ortho intramolecular Hbond substituents is 3. The lowest BCUT2D eigenvalue weighted by Crippen LogP contribution is -1.92. The number of benzene rings is 1. The fraction of sp³-hybridized carbons (Fsp3) is 0.455.